The first-order valence-electron chi connectivity index (χ1n) is 7.33. The van der Waals surface area contributed by atoms with E-state index in [1.54, 1.807) is 0 Å². The van der Waals surface area contributed by atoms with Gasteiger partial charge in [0.25, 0.3) is 0 Å². The number of hydrogen-bond acceptors (Lipinski definition) is 7. The normalized spacial score (nSPS) is 35.1. The highest BCUT2D eigenvalue weighted by Crippen LogP contribution is 2.65. The number of nitrogens with one attached hydrogen (secondary N) is 2. The van der Waals surface area contributed by atoms with Crippen LogP contribution >= 0.6 is 11.8 Å². The molecule has 24 heavy (non-hydrogen) atoms. The van der Waals surface area contributed by atoms with Gasteiger partial charge in [0.15, 0.2) is 5.16 Å². The van der Waals surface area contributed by atoms with Crippen LogP contribution in [0.4, 0.5) is 0 Å². The van der Waals surface area contributed by atoms with Crippen LogP contribution in [0.5, 0.6) is 0 Å². The van der Waals surface area contributed by atoms with Crippen molar-refractivity contribution in [1.82, 2.24) is 20.5 Å². The average molecular weight is 355 g/mol. The van der Waals surface area contributed by atoms with Gasteiger partial charge in [0.05, 0.1) is 12.0 Å². The molecule has 1 amide bonds. The molecule has 2 aliphatic rings. The molecular weight excluding hydrogens is 338 g/mol. The fourth-order valence-corrected chi connectivity index (χ4v) is 4.95. The second kappa shape index (κ2) is 5.74. The molecule has 11 heteroatoms. The van der Waals surface area contributed by atoms with Gasteiger partial charge < -0.3 is 21.3 Å². The van der Waals surface area contributed by atoms with Gasteiger partial charge in [-0.05, 0) is 19.3 Å². The molecule has 0 radical (unpaired) electrons. The van der Waals surface area contributed by atoms with Crippen molar-refractivity contribution in [3.05, 3.63) is 6.33 Å². The van der Waals surface area contributed by atoms with E-state index in [-0.39, 0.29) is 17.6 Å². The number of carboxylic acid groups (broad SMARTS) is 2. The van der Waals surface area contributed by atoms with E-state index in [4.69, 9.17) is 5.73 Å². The molecule has 2 saturated carbocycles. The van der Waals surface area contributed by atoms with E-state index in [0.29, 0.717) is 5.16 Å². The summed E-state index contributed by atoms with van der Waals surface area (Å²) in [4.78, 5) is 39.4. The summed E-state index contributed by atoms with van der Waals surface area (Å²) in [5.41, 5.74) is 3.89. The van der Waals surface area contributed by atoms with Crippen LogP contribution in [0.3, 0.4) is 0 Å². The summed E-state index contributed by atoms with van der Waals surface area (Å²) in [6.45, 7) is 1.44. The zero-order valence-electron chi connectivity index (χ0n) is 12.7. The molecule has 130 valence electrons. The largest absolute Gasteiger partial charge is 0.481 e. The van der Waals surface area contributed by atoms with Crippen LogP contribution in [0.25, 0.3) is 0 Å². The predicted molar refractivity (Wildman–Crippen MR) is 80.9 cm³/mol. The lowest BCUT2D eigenvalue weighted by atomic mass is 9.89. The maximum absolute atomic E-state index is 12.0. The molecule has 0 saturated heterocycles. The van der Waals surface area contributed by atoms with Crippen molar-refractivity contribution in [2.75, 3.05) is 0 Å². The minimum absolute atomic E-state index is 0.102. The molecule has 10 nitrogen and oxygen atoms in total. The van der Waals surface area contributed by atoms with Crippen molar-refractivity contribution < 1.29 is 24.6 Å². The van der Waals surface area contributed by atoms with Crippen molar-refractivity contribution >= 4 is 29.6 Å². The molecule has 0 spiro atoms. The van der Waals surface area contributed by atoms with E-state index < -0.39 is 41.3 Å². The Balaban J connectivity index is 1.90. The van der Waals surface area contributed by atoms with E-state index in [0.717, 1.165) is 0 Å². The third kappa shape index (κ3) is 2.53. The molecular formula is C13H17N5O5S. The Bertz CT molecular complexity index is 680. The number of carbonyl (C=O) groups excluding carboxylic acids is 1. The average Bonchev–Trinajstić information content (AvgIpc) is 2.90. The smallest absolute Gasteiger partial charge is 0.329 e. The van der Waals surface area contributed by atoms with Gasteiger partial charge in [-0.25, -0.2) is 9.78 Å². The summed E-state index contributed by atoms with van der Waals surface area (Å²) in [5.74, 6) is -4.76. The highest BCUT2D eigenvalue weighted by Gasteiger charge is 2.75. The molecule has 6 atom stereocenters. The van der Waals surface area contributed by atoms with Crippen molar-refractivity contribution in [2.24, 2.45) is 23.5 Å². The Kier molecular flexibility index (Phi) is 4.00. The SMILES string of the molecule is C[C@H](N)C(=O)N[C@@]1(C(=O)O)CC(Sc2ncn[nH]2)C2[C@@H]1[C@H]2C(=O)O. The van der Waals surface area contributed by atoms with E-state index >= 15 is 0 Å². The molecule has 6 N–H and O–H groups in total. The number of thioether (sulfide) groups is 1. The van der Waals surface area contributed by atoms with Crippen molar-refractivity contribution in [1.29, 1.82) is 0 Å². The number of aromatic amines is 1. The number of aromatic nitrogens is 3. The lowest BCUT2D eigenvalue weighted by Gasteiger charge is -2.30. The minimum Gasteiger partial charge on any atom is -0.481 e. The number of fused-ring (bicyclic) bond motifs is 1. The summed E-state index contributed by atoms with van der Waals surface area (Å²) in [6, 6.07) is -0.886. The zero-order chi connectivity index (χ0) is 17.6. The number of nitrogens with zero attached hydrogens (tertiary/aromatic N) is 2. The molecule has 1 aromatic rings. The first-order chi connectivity index (χ1) is 11.3. The molecule has 2 fully saturated rings. The van der Waals surface area contributed by atoms with Gasteiger partial charge in [0, 0.05) is 11.2 Å². The predicted octanol–water partition coefficient (Wildman–Crippen LogP) is -1.10. The lowest BCUT2D eigenvalue weighted by molar-refractivity contribution is -0.149. The second-order valence-electron chi connectivity index (χ2n) is 6.17. The maximum atomic E-state index is 12.0. The number of aliphatic carboxylic acids is 2. The Labute approximate surface area is 140 Å². The van der Waals surface area contributed by atoms with Gasteiger partial charge in [-0.2, -0.15) is 5.10 Å². The van der Waals surface area contributed by atoms with E-state index in [2.05, 4.69) is 20.5 Å². The van der Waals surface area contributed by atoms with E-state index in [9.17, 15) is 24.6 Å². The summed E-state index contributed by atoms with van der Waals surface area (Å²) in [7, 11) is 0. The van der Waals surface area contributed by atoms with Crippen molar-refractivity contribution in [3.63, 3.8) is 0 Å². The molecule has 0 aromatic carbocycles. The Morgan fingerprint density at radius 1 is 1.50 bits per heavy atom. The van der Waals surface area contributed by atoms with Gasteiger partial charge in [0.1, 0.15) is 11.9 Å². The van der Waals surface area contributed by atoms with Gasteiger partial charge in [-0.15, -0.1) is 0 Å². The van der Waals surface area contributed by atoms with Crippen LogP contribution in [-0.2, 0) is 14.4 Å². The van der Waals surface area contributed by atoms with Crippen LogP contribution in [0, 0.1) is 17.8 Å². The fourth-order valence-electron chi connectivity index (χ4n) is 3.61. The van der Waals surface area contributed by atoms with Crippen molar-refractivity contribution in [3.8, 4) is 0 Å². The number of H-pyrrole nitrogens is 1. The fraction of sp³-hybridized carbons (Fsp3) is 0.615. The maximum Gasteiger partial charge on any atom is 0.329 e. The monoisotopic (exact) mass is 355 g/mol. The molecule has 3 rings (SSSR count). The third-order valence-electron chi connectivity index (χ3n) is 4.68. The number of carboxylic acids is 2. The number of nitrogens with two attached hydrogens (primary N) is 1. The van der Waals surface area contributed by atoms with Crippen LogP contribution < -0.4 is 11.1 Å². The van der Waals surface area contributed by atoms with Gasteiger partial charge >= 0.3 is 11.9 Å². The topological polar surface area (TPSA) is 171 Å². The number of rotatable bonds is 6. The van der Waals surface area contributed by atoms with Crippen LogP contribution in [-0.4, -0.2) is 60.1 Å². The van der Waals surface area contributed by atoms with Gasteiger partial charge in [-0.1, -0.05) is 11.8 Å². The second-order valence-corrected chi connectivity index (χ2v) is 7.40. The Morgan fingerprint density at radius 2 is 2.21 bits per heavy atom. The molecule has 0 bridgehead atoms. The first-order valence-corrected chi connectivity index (χ1v) is 8.21. The third-order valence-corrected chi connectivity index (χ3v) is 5.88. The molecule has 1 heterocycles. The minimum atomic E-state index is -1.63. The van der Waals surface area contributed by atoms with Crippen molar-refractivity contribution in [2.45, 2.75) is 35.3 Å². The number of hydrogen-bond donors (Lipinski definition) is 5. The highest BCUT2D eigenvalue weighted by molar-refractivity contribution is 7.99. The van der Waals surface area contributed by atoms with Crippen LogP contribution in [0.2, 0.25) is 0 Å². The Morgan fingerprint density at radius 3 is 2.71 bits per heavy atom. The lowest BCUT2D eigenvalue weighted by Crippen LogP contribution is -2.59. The molecule has 1 aromatic heterocycles. The van der Waals surface area contributed by atoms with E-state index in [1.807, 2.05) is 0 Å². The van der Waals surface area contributed by atoms with E-state index in [1.165, 1.54) is 25.0 Å². The highest BCUT2D eigenvalue weighted by atomic mass is 32.2. The molecule has 0 aliphatic heterocycles. The first kappa shape index (κ1) is 16.7. The standard InChI is InChI=1S/C13H17N5O5S/c1-4(14)9(19)17-13(11(22)23)2-5(24-12-15-3-16-18-12)6-7(8(6)13)10(20)21/h3-8H,2,14H2,1H3,(H,17,19)(H,20,21)(H,22,23)(H,15,16,18)/t4-,5?,6?,7-,8+,13-/m0/s1. The zero-order valence-corrected chi connectivity index (χ0v) is 13.5. The quantitative estimate of drug-likeness (QED) is 0.425. The van der Waals surface area contributed by atoms with Gasteiger partial charge in [-0.3, -0.25) is 14.7 Å². The summed E-state index contributed by atoms with van der Waals surface area (Å²) in [6.07, 6.45) is 1.42. The molecule has 2 unspecified atom stereocenters. The number of carbonyl (C=O) groups is 3. The van der Waals surface area contributed by atoms with Crippen LogP contribution in [0.1, 0.15) is 13.3 Å². The summed E-state index contributed by atoms with van der Waals surface area (Å²) >= 11 is 1.25. The van der Waals surface area contributed by atoms with Gasteiger partial charge in [0.2, 0.25) is 5.91 Å². The number of amides is 1. The molecule has 2 aliphatic carbocycles. The summed E-state index contributed by atoms with van der Waals surface area (Å²) < 4.78 is 0. The Hall–Kier alpha value is -2.14. The van der Waals surface area contributed by atoms with Crippen LogP contribution in [0.15, 0.2) is 11.5 Å². The summed E-state index contributed by atoms with van der Waals surface area (Å²) in [5, 5.41) is 28.2.